The van der Waals surface area contributed by atoms with Crippen molar-refractivity contribution in [1.29, 1.82) is 0 Å². The minimum absolute atomic E-state index is 0.0868. The van der Waals surface area contributed by atoms with Gasteiger partial charge in [-0.2, -0.15) is 0 Å². The van der Waals surface area contributed by atoms with Crippen LogP contribution in [0.5, 0.6) is 0 Å². The summed E-state index contributed by atoms with van der Waals surface area (Å²) in [5.74, 6) is -0.302. The number of nitro benzene ring substituents is 1. The van der Waals surface area contributed by atoms with E-state index in [0.29, 0.717) is 0 Å². The number of non-ortho nitro benzene ring substituents is 1. The Bertz CT molecular complexity index is 459. The molecule has 5 nitrogen and oxygen atoms in total. The van der Waals surface area contributed by atoms with Gasteiger partial charge in [-0.25, -0.2) is 0 Å². The highest BCUT2D eigenvalue weighted by atomic mass is 35.5. The van der Waals surface area contributed by atoms with Crippen LogP contribution in [-0.4, -0.2) is 16.9 Å². The molecule has 1 rings (SSSR count). The summed E-state index contributed by atoms with van der Waals surface area (Å²) in [6.07, 6.45) is 1.65. The molecule has 0 saturated carbocycles. The van der Waals surface area contributed by atoms with Gasteiger partial charge in [-0.3, -0.25) is 14.9 Å². The van der Waals surface area contributed by atoms with Crippen molar-refractivity contribution in [3.8, 4) is 0 Å². The molecule has 0 spiro atoms. The van der Waals surface area contributed by atoms with E-state index in [2.05, 4.69) is 5.32 Å². The van der Waals surface area contributed by atoms with E-state index < -0.39 is 4.92 Å². The van der Waals surface area contributed by atoms with Crippen molar-refractivity contribution in [2.45, 2.75) is 32.7 Å². The largest absolute Gasteiger partial charge is 0.349 e. The first-order valence-electron chi connectivity index (χ1n) is 5.74. The number of amides is 1. The summed E-state index contributed by atoms with van der Waals surface area (Å²) in [5, 5.41) is 13.5. The molecule has 18 heavy (non-hydrogen) atoms. The lowest BCUT2D eigenvalue weighted by atomic mass is 10.1. The molecule has 6 heteroatoms. The monoisotopic (exact) mass is 270 g/mol. The predicted octanol–water partition coefficient (Wildman–Crippen LogP) is 3.17. The van der Waals surface area contributed by atoms with Crippen LogP contribution in [0.4, 0.5) is 5.69 Å². The Morgan fingerprint density at radius 2 is 2.06 bits per heavy atom. The Labute approximate surface area is 110 Å². The van der Waals surface area contributed by atoms with Crippen molar-refractivity contribution in [2.75, 3.05) is 0 Å². The molecular weight excluding hydrogens is 256 g/mol. The van der Waals surface area contributed by atoms with E-state index in [1.165, 1.54) is 18.2 Å². The van der Waals surface area contributed by atoms with Crippen LogP contribution >= 0.6 is 11.6 Å². The van der Waals surface area contributed by atoms with Gasteiger partial charge in [0.15, 0.2) is 0 Å². The second-order valence-electron chi connectivity index (χ2n) is 3.91. The Morgan fingerprint density at radius 1 is 1.44 bits per heavy atom. The zero-order chi connectivity index (χ0) is 13.7. The molecule has 1 aromatic carbocycles. The van der Waals surface area contributed by atoms with Crippen LogP contribution in [-0.2, 0) is 0 Å². The lowest BCUT2D eigenvalue weighted by molar-refractivity contribution is -0.384. The maximum absolute atomic E-state index is 11.9. The Balaban J connectivity index is 2.90. The van der Waals surface area contributed by atoms with E-state index in [-0.39, 0.29) is 28.2 Å². The number of hydrogen-bond acceptors (Lipinski definition) is 3. The van der Waals surface area contributed by atoms with Gasteiger partial charge in [-0.15, -0.1) is 0 Å². The number of benzene rings is 1. The highest BCUT2D eigenvalue weighted by Crippen LogP contribution is 2.22. The lowest BCUT2D eigenvalue weighted by Gasteiger charge is -2.15. The topological polar surface area (TPSA) is 72.2 Å². The molecule has 98 valence electrons. The third-order valence-electron chi connectivity index (χ3n) is 2.73. The van der Waals surface area contributed by atoms with Crippen LogP contribution in [0.15, 0.2) is 18.2 Å². The molecule has 0 fully saturated rings. The number of nitro groups is 1. The van der Waals surface area contributed by atoms with E-state index in [9.17, 15) is 14.9 Å². The maximum atomic E-state index is 11.9. The Hall–Kier alpha value is -1.62. The molecule has 0 heterocycles. The van der Waals surface area contributed by atoms with Crippen LogP contribution in [0.25, 0.3) is 0 Å². The third kappa shape index (κ3) is 3.43. The van der Waals surface area contributed by atoms with Crippen LogP contribution in [0, 0.1) is 10.1 Å². The molecule has 1 amide bonds. The SMILES string of the molecule is CCC(CC)NC(=O)c1ccc([N+](=O)[O-])cc1Cl. The van der Waals surface area contributed by atoms with Gasteiger partial charge in [0.25, 0.3) is 11.6 Å². The van der Waals surface area contributed by atoms with E-state index >= 15 is 0 Å². The lowest BCUT2D eigenvalue weighted by Crippen LogP contribution is -2.33. The summed E-state index contributed by atoms with van der Waals surface area (Å²) in [6.45, 7) is 3.96. The predicted molar refractivity (Wildman–Crippen MR) is 69.9 cm³/mol. The molecule has 0 aromatic heterocycles. The smallest absolute Gasteiger partial charge is 0.270 e. The molecule has 0 aliphatic carbocycles. The molecule has 1 aromatic rings. The van der Waals surface area contributed by atoms with Crippen LogP contribution in [0.2, 0.25) is 5.02 Å². The number of rotatable bonds is 5. The number of carbonyl (C=O) groups is 1. The van der Waals surface area contributed by atoms with Gasteiger partial charge in [-0.05, 0) is 18.9 Å². The number of hydrogen-bond donors (Lipinski definition) is 1. The van der Waals surface area contributed by atoms with Crippen molar-refractivity contribution in [3.63, 3.8) is 0 Å². The van der Waals surface area contributed by atoms with Crippen molar-refractivity contribution >= 4 is 23.2 Å². The average Bonchev–Trinajstić information content (AvgIpc) is 2.35. The van der Waals surface area contributed by atoms with Crippen LogP contribution < -0.4 is 5.32 Å². The van der Waals surface area contributed by atoms with Gasteiger partial charge in [0.2, 0.25) is 0 Å². The average molecular weight is 271 g/mol. The highest BCUT2D eigenvalue weighted by Gasteiger charge is 2.16. The first kappa shape index (κ1) is 14.4. The molecule has 1 N–H and O–H groups in total. The van der Waals surface area contributed by atoms with Gasteiger partial charge in [0.05, 0.1) is 15.5 Å². The van der Waals surface area contributed by atoms with E-state index in [0.717, 1.165) is 12.8 Å². The van der Waals surface area contributed by atoms with Crippen molar-refractivity contribution < 1.29 is 9.72 Å². The van der Waals surface area contributed by atoms with Gasteiger partial charge in [0, 0.05) is 18.2 Å². The number of nitrogens with one attached hydrogen (secondary N) is 1. The number of halogens is 1. The molecule has 0 aliphatic rings. The molecule has 0 atom stereocenters. The van der Waals surface area contributed by atoms with Crippen LogP contribution in [0.3, 0.4) is 0 Å². The Morgan fingerprint density at radius 3 is 2.50 bits per heavy atom. The minimum Gasteiger partial charge on any atom is -0.349 e. The molecular formula is C12H15ClN2O3. The molecule has 0 radical (unpaired) electrons. The fourth-order valence-electron chi connectivity index (χ4n) is 1.56. The summed E-state index contributed by atoms with van der Waals surface area (Å²) in [4.78, 5) is 21.9. The third-order valence-corrected chi connectivity index (χ3v) is 3.04. The van der Waals surface area contributed by atoms with E-state index in [1.807, 2.05) is 13.8 Å². The zero-order valence-corrected chi connectivity index (χ0v) is 11.0. The first-order chi connectivity index (χ1) is 8.49. The number of carbonyl (C=O) groups excluding carboxylic acids is 1. The fourth-order valence-corrected chi connectivity index (χ4v) is 1.82. The van der Waals surface area contributed by atoms with Gasteiger partial charge < -0.3 is 5.32 Å². The Kier molecular flexibility index (Phi) is 5.09. The second-order valence-corrected chi connectivity index (χ2v) is 4.32. The van der Waals surface area contributed by atoms with Gasteiger partial charge >= 0.3 is 0 Å². The molecule has 0 saturated heterocycles. The zero-order valence-electron chi connectivity index (χ0n) is 10.3. The normalized spacial score (nSPS) is 10.4. The van der Waals surface area contributed by atoms with Crippen molar-refractivity contribution in [1.82, 2.24) is 5.32 Å². The summed E-state index contributed by atoms with van der Waals surface area (Å²) in [5.41, 5.74) is 0.133. The first-order valence-corrected chi connectivity index (χ1v) is 6.12. The van der Waals surface area contributed by atoms with Crippen molar-refractivity contribution in [3.05, 3.63) is 38.9 Å². The van der Waals surface area contributed by atoms with Crippen molar-refractivity contribution in [2.24, 2.45) is 0 Å². The standard InChI is InChI=1S/C12H15ClN2O3/c1-3-8(4-2)14-12(16)10-6-5-9(15(17)18)7-11(10)13/h5-8H,3-4H2,1-2H3,(H,14,16). The molecule has 0 bridgehead atoms. The summed E-state index contributed by atoms with van der Waals surface area (Å²) < 4.78 is 0. The fraction of sp³-hybridized carbons (Fsp3) is 0.417. The van der Waals surface area contributed by atoms with E-state index in [1.54, 1.807) is 0 Å². The van der Waals surface area contributed by atoms with E-state index in [4.69, 9.17) is 11.6 Å². The number of nitrogens with zero attached hydrogens (tertiary/aromatic N) is 1. The minimum atomic E-state index is -0.547. The van der Waals surface area contributed by atoms with Crippen LogP contribution in [0.1, 0.15) is 37.0 Å². The maximum Gasteiger partial charge on any atom is 0.270 e. The summed E-state index contributed by atoms with van der Waals surface area (Å²) >= 11 is 5.87. The molecule has 0 unspecified atom stereocenters. The quantitative estimate of drug-likeness (QED) is 0.660. The summed E-state index contributed by atoms with van der Waals surface area (Å²) in [6, 6.07) is 3.92. The molecule has 0 aliphatic heterocycles. The second kappa shape index (κ2) is 6.35. The summed E-state index contributed by atoms with van der Waals surface area (Å²) in [7, 11) is 0. The van der Waals surface area contributed by atoms with Gasteiger partial charge in [-0.1, -0.05) is 25.4 Å². The van der Waals surface area contributed by atoms with Gasteiger partial charge in [0.1, 0.15) is 0 Å². The highest BCUT2D eigenvalue weighted by molar-refractivity contribution is 6.34.